The second-order valence-electron chi connectivity index (χ2n) is 5.31. The van der Waals surface area contributed by atoms with Gasteiger partial charge < -0.3 is 5.32 Å². The normalized spacial score (nSPS) is 12.8. The Morgan fingerprint density at radius 1 is 1.16 bits per heavy atom. The molecule has 0 bridgehead atoms. The fourth-order valence-electron chi connectivity index (χ4n) is 1.65. The molecular formula is C14H20F3NS. The number of rotatable bonds is 4. The van der Waals surface area contributed by atoms with Crippen LogP contribution in [0.2, 0.25) is 0 Å². The lowest BCUT2D eigenvalue weighted by Crippen LogP contribution is -2.17. The van der Waals surface area contributed by atoms with Crippen LogP contribution < -0.4 is 5.32 Å². The van der Waals surface area contributed by atoms with E-state index in [0.717, 1.165) is 0 Å². The molecule has 1 aromatic carbocycles. The van der Waals surface area contributed by atoms with Gasteiger partial charge in [-0.2, -0.15) is 13.2 Å². The van der Waals surface area contributed by atoms with E-state index in [1.807, 2.05) is 27.7 Å². The minimum atomic E-state index is -4.31. The summed E-state index contributed by atoms with van der Waals surface area (Å²) in [5.41, 5.74) is -0.240. The first kappa shape index (κ1) is 16.4. The van der Waals surface area contributed by atoms with Gasteiger partial charge in [0.15, 0.2) is 0 Å². The molecule has 1 nitrogen and oxygen atoms in total. The Morgan fingerprint density at radius 3 is 2.26 bits per heavy atom. The van der Waals surface area contributed by atoms with E-state index in [2.05, 4.69) is 5.32 Å². The van der Waals surface area contributed by atoms with Gasteiger partial charge in [-0.15, -0.1) is 11.8 Å². The molecule has 0 unspecified atom stereocenters. The molecule has 0 fully saturated rings. The zero-order valence-electron chi connectivity index (χ0n) is 11.7. The third kappa shape index (κ3) is 5.45. The summed E-state index contributed by atoms with van der Waals surface area (Å²) in [6.45, 7) is 8.71. The smallest absolute Gasteiger partial charge is 0.313 e. The molecule has 0 radical (unpaired) electrons. The van der Waals surface area contributed by atoms with Crippen molar-refractivity contribution in [1.29, 1.82) is 0 Å². The van der Waals surface area contributed by atoms with Gasteiger partial charge in [0, 0.05) is 16.2 Å². The fourth-order valence-corrected chi connectivity index (χ4v) is 2.67. The van der Waals surface area contributed by atoms with Gasteiger partial charge >= 0.3 is 6.18 Å². The van der Waals surface area contributed by atoms with Crippen molar-refractivity contribution in [1.82, 2.24) is 5.32 Å². The van der Waals surface area contributed by atoms with E-state index in [1.54, 1.807) is 12.1 Å². The van der Waals surface area contributed by atoms with E-state index in [9.17, 15) is 13.2 Å². The van der Waals surface area contributed by atoms with Crippen molar-refractivity contribution in [2.24, 2.45) is 0 Å². The molecule has 19 heavy (non-hydrogen) atoms. The van der Waals surface area contributed by atoms with Crippen molar-refractivity contribution in [3.05, 3.63) is 29.3 Å². The van der Waals surface area contributed by atoms with Crippen LogP contribution in [0.1, 0.15) is 38.8 Å². The molecule has 1 N–H and O–H groups in total. The second-order valence-corrected chi connectivity index (χ2v) is 7.21. The van der Waals surface area contributed by atoms with Crippen molar-refractivity contribution in [2.75, 3.05) is 6.54 Å². The molecule has 0 heterocycles. The Bertz CT molecular complexity index is 422. The standard InChI is InChI=1S/C14H20F3NS/c1-5-18-9-10-6-7-11(19-13(2,3)4)8-12(10)14(15,16)17/h6-8,18H,5,9H2,1-4H3. The quantitative estimate of drug-likeness (QED) is 0.807. The largest absolute Gasteiger partial charge is 0.416 e. The SMILES string of the molecule is CCNCc1ccc(SC(C)(C)C)cc1C(F)(F)F. The minimum absolute atomic E-state index is 0.105. The first-order valence-corrected chi connectivity index (χ1v) is 7.05. The predicted molar refractivity (Wildman–Crippen MR) is 74.4 cm³/mol. The van der Waals surface area contributed by atoms with Crippen LogP contribution in [0.3, 0.4) is 0 Å². The van der Waals surface area contributed by atoms with E-state index < -0.39 is 11.7 Å². The fraction of sp³-hybridized carbons (Fsp3) is 0.571. The summed E-state index contributed by atoms with van der Waals surface area (Å²) in [5, 5.41) is 2.94. The Labute approximate surface area is 117 Å². The summed E-state index contributed by atoms with van der Waals surface area (Å²) in [6, 6.07) is 4.58. The highest BCUT2D eigenvalue weighted by molar-refractivity contribution is 8.00. The van der Waals surface area contributed by atoms with Crippen LogP contribution >= 0.6 is 11.8 Å². The van der Waals surface area contributed by atoms with Gasteiger partial charge in [0.1, 0.15) is 0 Å². The molecule has 0 aliphatic heterocycles. The van der Waals surface area contributed by atoms with E-state index in [4.69, 9.17) is 0 Å². The van der Waals surface area contributed by atoms with E-state index >= 15 is 0 Å². The van der Waals surface area contributed by atoms with Crippen molar-refractivity contribution in [3.63, 3.8) is 0 Å². The zero-order valence-corrected chi connectivity index (χ0v) is 12.5. The number of hydrogen-bond acceptors (Lipinski definition) is 2. The molecule has 0 saturated heterocycles. The van der Waals surface area contributed by atoms with Crippen molar-refractivity contribution >= 4 is 11.8 Å². The van der Waals surface area contributed by atoms with E-state index in [1.165, 1.54) is 17.8 Å². The van der Waals surface area contributed by atoms with Crippen molar-refractivity contribution in [3.8, 4) is 0 Å². The minimum Gasteiger partial charge on any atom is -0.313 e. The maximum absolute atomic E-state index is 13.1. The Morgan fingerprint density at radius 2 is 1.79 bits per heavy atom. The molecule has 1 aromatic rings. The highest BCUT2D eigenvalue weighted by Gasteiger charge is 2.33. The molecule has 0 aliphatic carbocycles. The Kier molecular flexibility index (Phi) is 5.33. The van der Waals surface area contributed by atoms with Gasteiger partial charge in [-0.05, 0) is 24.2 Å². The summed E-state index contributed by atoms with van der Waals surface area (Å²) in [6.07, 6.45) is -4.31. The molecule has 0 atom stereocenters. The third-order valence-electron chi connectivity index (χ3n) is 2.38. The van der Waals surface area contributed by atoms with Crippen LogP contribution in [0, 0.1) is 0 Å². The van der Waals surface area contributed by atoms with Crippen LogP contribution in [0.15, 0.2) is 23.1 Å². The number of hydrogen-bond donors (Lipinski definition) is 1. The number of thioether (sulfide) groups is 1. The van der Waals surface area contributed by atoms with Crippen LogP contribution in [-0.4, -0.2) is 11.3 Å². The molecule has 1 rings (SSSR count). The van der Waals surface area contributed by atoms with E-state index in [-0.39, 0.29) is 11.3 Å². The van der Waals surface area contributed by atoms with E-state index in [0.29, 0.717) is 17.0 Å². The highest BCUT2D eigenvalue weighted by atomic mass is 32.2. The molecule has 0 saturated carbocycles. The molecule has 0 amide bonds. The first-order chi connectivity index (χ1) is 8.63. The molecule has 108 valence electrons. The van der Waals surface area contributed by atoms with Crippen LogP contribution in [0.5, 0.6) is 0 Å². The van der Waals surface area contributed by atoms with Crippen molar-refractivity contribution in [2.45, 2.75) is 50.1 Å². The van der Waals surface area contributed by atoms with Crippen LogP contribution in [0.4, 0.5) is 13.2 Å². The Hall–Kier alpha value is -0.680. The molecule has 0 spiro atoms. The molecule has 0 aromatic heterocycles. The average Bonchev–Trinajstić information content (AvgIpc) is 2.24. The van der Waals surface area contributed by atoms with Crippen molar-refractivity contribution < 1.29 is 13.2 Å². The molecule has 5 heteroatoms. The molecule has 0 aliphatic rings. The number of benzene rings is 1. The average molecular weight is 291 g/mol. The molecular weight excluding hydrogens is 271 g/mol. The lowest BCUT2D eigenvalue weighted by atomic mass is 10.1. The third-order valence-corrected chi connectivity index (χ3v) is 3.48. The monoisotopic (exact) mass is 291 g/mol. The summed E-state index contributed by atoms with van der Waals surface area (Å²) >= 11 is 1.44. The topological polar surface area (TPSA) is 12.0 Å². The second kappa shape index (κ2) is 6.18. The maximum atomic E-state index is 13.1. The first-order valence-electron chi connectivity index (χ1n) is 6.23. The summed E-state index contributed by atoms with van der Waals surface area (Å²) in [5.74, 6) is 0. The van der Waals surface area contributed by atoms with Gasteiger partial charge in [0.25, 0.3) is 0 Å². The van der Waals surface area contributed by atoms with Gasteiger partial charge in [-0.25, -0.2) is 0 Å². The summed E-state index contributed by atoms with van der Waals surface area (Å²) in [7, 11) is 0. The highest BCUT2D eigenvalue weighted by Crippen LogP contribution is 2.38. The zero-order chi connectivity index (χ0) is 14.7. The number of nitrogens with one attached hydrogen (secondary N) is 1. The lowest BCUT2D eigenvalue weighted by molar-refractivity contribution is -0.138. The van der Waals surface area contributed by atoms with Crippen LogP contribution in [0.25, 0.3) is 0 Å². The maximum Gasteiger partial charge on any atom is 0.416 e. The van der Waals surface area contributed by atoms with Gasteiger partial charge in [0.2, 0.25) is 0 Å². The van der Waals surface area contributed by atoms with Gasteiger partial charge in [-0.1, -0.05) is 33.8 Å². The predicted octanol–water partition coefficient (Wildman–Crippen LogP) is 4.71. The summed E-state index contributed by atoms with van der Waals surface area (Å²) in [4.78, 5) is 0.653. The van der Waals surface area contributed by atoms with Gasteiger partial charge in [0.05, 0.1) is 5.56 Å². The van der Waals surface area contributed by atoms with Gasteiger partial charge in [-0.3, -0.25) is 0 Å². The van der Waals surface area contributed by atoms with Crippen LogP contribution in [-0.2, 0) is 12.7 Å². The lowest BCUT2D eigenvalue weighted by Gasteiger charge is -2.20. The number of halogens is 3. The summed E-state index contributed by atoms with van der Waals surface area (Å²) < 4.78 is 39.0. The Balaban J connectivity index is 3.08. The number of alkyl halides is 3.